The summed E-state index contributed by atoms with van der Waals surface area (Å²) in [7, 11) is 1.55. The molecule has 0 bridgehead atoms. The van der Waals surface area contributed by atoms with E-state index in [0.29, 0.717) is 11.3 Å². The largest absolute Gasteiger partial charge is 0.292 e. The normalized spacial score (nSPS) is 22.7. The molecule has 0 radical (unpaired) electrons. The summed E-state index contributed by atoms with van der Waals surface area (Å²) in [6.45, 7) is 5.53. The number of carbonyl (C=O) groups is 2. The van der Waals surface area contributed by atoms with E-state index >= 15 is 0 Å². The van der Waals surface area contributed by atoms with Crippen LogP contribution in [0.3, 0.4) is 0 Å². The first-order valence-electron chi connectivity index (χ1n) is 5.92. The van der Waals surface area contributed by atoms with E-state index in [1.54, 1.807) is 26.1 Å². The molecule has 1 amide bonds. The Morgan fingerprint density at radius 2 is 1.74 bits per heavy atom. The van der Waals surface area contributed by atoms with E-state index in [9.17, 15) is 9.59 Å². The van der Waals surface area contributed by atoms with Gasteiger partial charge < -0.3 is 0 Å². The molecule has 0 saturated heterocycles. The van der Waals surface area contributed by atoms with Crippen LogP contribution >= 0.6 is 15.9 Å². The van der Waals surface area contributed by atoms with E-state index in [1.165, 1.54) is 5.01 Å². The summed E-state index contributed by atoms with van der Waals surface area (Å²) in [6.07, 6.45) is 0. The van der Waals surface area contributed by atoms with Gasteiger partial charge in [-0.15, -0.1) is 0 Å². The molecule has 2 rings (SSSR count). The van der Waals surface area contributed by atoms with Gasteiger partial charge in [0.2, 0.25) is 4.32 Å². The minimum absolute atomic E-state index is 0.269. The highest BCUT2D eigenvalue weighted by molar-refractivity contribution is 9.11. The predicted octanol–water partition coefficient (Wildman–Crippen LogP) is 2.47. The van der Waals surface area contributed by atoms with Crippen molar-refractivity contribution in [1.29, 1.82) is 0 Å². The van der Waals surface area contributed by atoms with E-state index in [4.69, 9.17) is 0 Å². The molecule has 1 aromatic carbocycles. The van der Waals surface area contributed by atoms with Gasteiger partial charge in [0.15, 0.2) is 5.78 Å². The number of benzene rings is 1. The smallest absolute Gasteiger partial charge is 0.273 e. The molecule has 0 aromatic heterocycles. The molecular weight excluding hydrogens is 308 g/mol. The summed E-state index contributed by atoms with van der Waals surface area (Å²) in [5.74, 6) is -0.621. The lowest BCUT2D eigenvalue weighted by molar-refractivity contribution is -0.128. The van der Waals surface area contributed by atoms with Gasteiger partial charge >= 0.3 is 0 Å². The Morgan fingerprint density at radius 1 is 1.21 bits per heavy atom. The van der Waals surface area contributed by atoms with Crippen molar-refractivity contribution in [2.75, 3.05) is 7.05 Å². The van der Waals surface area contributed by atoms with Crippen LogP contribution in [-0.2, 0) is 4.79 Å². The number of amides is 1. The number of hydrogen-bond acceptors (Lipinski definition) is 3. The van der Waals surface area contributed by atoms with Crippen molar-refractivity contribution in [3.8, 4) is 0 Å². The Labute approximate surface area is 120 Å². The summed E-state index contributed by atoms with van der Waals surface area (Å²) in [5, 5.41) is 5.25. The third-order valence-electron chi connectivity index (χ3n) is 3.18. The summed E-state index contributed by atoms with van der Waals surface area (Å²) < 4.78 is -1.36. The lowest BCUT2D eigenvalue weighted by atomic mass is 9.92. The van der Waals surface area contributed by atoms with Crippen LogP contribution in [0.25, 0.3) is 0 Å². The zero-order valence-electron chi connectivity index (χ0n) is 11.3. The maximum atomic E-state index is 12.7. The van der Waals surface area contributed by atoms with Crippen molar-refractivity contribution in [3.63, 3.8) is 0 Å². The molecule has 0 aliphatic carbocycles. The lowest BCUT2D eigenvalue weighted by Gasteiger charge is -2.19. The molecule has 1 aliphatic heterocycles. The maximum Gasteiger partial charge on any atom is 0.273 e. The molecule has 1 atom stereocenters. The van der Waals surface area contributed by atoms with Crippen LogP contribution in [0.5, 0.6) is 0 Å². The second kappa shape index (κ2) is 4.56. The fourth-order valence-electron chi connectivity index (χ4n) is 2.28. The van der Waals surface area contributed by atoms with Crippen molar-refractivity contribution >= 4 is 33.3 Å². The van der Waals surface area contributed by atoms with Crippen LogP contribution in [0.4, 0.5) is 0 Å². The summed E-state index contributed by atoms with van der Waals surface area (Å²) in [4.78, 5) is 24.8. The maximum absolute atomic E-state index is 12.7. The van der Waals surface area contributed by atoms with Gasteiger partial charge in [-0.25, -0.2) is 5.01 Å². The van der Waals surface area contributed by atoms with Crippen LogP contribution < -0.4 is 0 Å². The van der Waals surface area contributed by atoms with E-state index in [1.807, 2.05) is 19.9 Å². The molecule has 5 heteroatoms. The molecule has 1 heterocycles. The SMILES string of the molecule is CC1=NN(C)C(=O)C1(Br)C(=O)c1cc(C)cc(C)c1. The third kappa shape index (κ3) is 2.12. The number of alkyl halides is 1. The number of nitrogens with zero attached hydrogens (tertiary/aromatic N) is 2. The Hall–Kier alpha value is -1.49. The molecular formula is C14H15BrN2O2. The standard InChI is InChI=1S/C14H15BrN2O2/c1-8-5-9(2)7-11(6-8)12(18)14(15)10(3)16-17(4)13(14)19/h5-7H,1-4H3. The Balaban J connectivity index is 2.50. The number of Topliss-reactive ketones (excluding diaryl/α,β-unsaturated/α-hetero) is 1. The van der Waals surface area contributed by atoms with Crippen molar-refractivity contribution in [2.45, 2.75) is 25.1 Å². The van der Waals surface area contributed by atoms with E-state index in [-0.39, 0.29) is 11.7 Å². The molecule has 4 nitrogen and oxygen atoms in total. The van der Waals surface area contributed by atoms with E-state index in [0.717, 1.165) is 11.1 Å². The highest BCUT2D eigenvalue weighted by Crippen LogP contribution is 2.32. The lowest BCUT2D eigenvalue weighted by Crippen LogP contribution is -2.46. The van der Waals surface area contributed by atoms with Crippen molar-refractivity contribution in [1.82, 2.24) is 5.01 Å². The van der Waals surface area contributed by atoms with Gasteiger partial charge in [0, 0.05) is 12.6 Å². The molecule has 1 aromatic rings. The number of halogens is 1. The second-order valence-corrected chi connectivity index (χ2v) is 6.07. The average Bonchev–Trinajstić information content (AvgIpc) is 2.52. The zero-order valence-corrected chi connectivity index (χ0v) is 12.9. The van der Waals surface area contributed by atoms with E-state index in [2.05, 4.69) is 21.0 Å². The first kappa shape index (κ1) is 13.9. The Bertz CT molecular complexity index is 589. The van der Waals surface area contributed by atoms with Crippen LogP contribution in [0.1, 0.15) is 28.4 Å². The van der Waals surface area contributed by atoms with Gasteiger partial charge in [-0.3, -0.25) is 9.59 Å². The average molecular weight is 323 g/mol. The van der Waals surface area contributed by atoms with Gasteiger partial charge in [-0.05, 0) is 32.9 Å². The quantitative estimate of drug-likeness (QED) is 0.477. The highest BCUT2D eigenvalue weighted by atomic mass is 79.9. The van der Waals surface area contributed by atoms with Crippen molar-refractivity contribution in [2.24, 2.45) is 5.10 Å². The van der Waals surface area contributed by atoms with Crippen molar-refractivity contribution < 1.29 is 9.59 Å². The first-order chi connectivity index (χ1) is 8.76. The first-order valence-corrected chi connectivity index (χ1v) is 6.72. The summed E-state index contributed by atoms with van der Waals surface area (Å²) >= 11 is 3.30. The van der Waals surface area contributed by atoms with Gasteiger partial charge in [0.25, 0.3) is 5.91 Å². The number of hydrogen-bond donors (Lipinski definition) is 0. The van der Waals surface area contributed by atoms with E-state index < -0.39 is 4.32 Å². The molecule has 0 fully saturated rings. The van der Waals surface area contributed by atoms with Gasteiger partial charge in [-0.2, -0.15) is 5.10 Å². The van der Waals surface area contributed by atoms with Gasteiger partial charge in [-0.1, -0.05) is 33.1 Å². The van der Waals surface area contributed by atoms with Crippen LogP contribution in [0.15, 0.2) is 23.3 Å². The molecule has 19 heavy (non-hydrogen) atoms. The minimum Gasteiger partial charge on any atom is -0.292 e. The molecule has 0 spiro atoms. The minimum atomic E-state index is -1.36. The molecule has 0 N–H and O–H groups in total. The second-order valence-electron chi connectivity index (χ2n) is 4.88. The molecule has 0 saturated carbocycles. The molecule has 1 aliphatic rings. The van der Waals surface area contributed by atoms with Crippen LogP contribution in [0.2, 0.25) is 0 Å². The summed E-state index contributed by atoms with van der Waals surface area (Å²) in [6, 6.07) is 5.57. The summed E-state index contributed by atoms with van der Waals surface area (Å²) in [5.41, 5.74) is 2.97. The number of hydrazone groups is 1. The number of rotatable bonds is 2. The van der Waals surface area contributed by atoms with Gasteiger partial charge in [0.05, 0.1) is 5.71 Å². The van der Waals surface area contributed by atoms with Gasteiger partial charge in [0.1, 0.15) is 0 Å². The highest BCUT2D eigenvalue weighted by Gasteiger charge is 2.52. The third-order valence-corrected chi connectivity index (χ3v) is 4.46. The van der Waals surface area contributed by atoms with Crippen LogP contribution in [0, 0.1) is 13.8 Å². The number of carbonyl (C=O) groups excluding carboxylic acids is 2. The Kier molecular flexibility index (Phi) is 3.34. The van der Waals surface area contributed by atoms with Crippen LogP contribution in [-0.4, -0.2) is 33.8 Å². The molecule has 100 valence electrons. The zero-order chi connectivity index (χ0) is 14.4. The number of aryl methyl sites for hydroxylation is 2. The Morgan fingerprint density at radius 3 is 2.16 bits per heavy atom. The number of ketones is 1. The van der Waals surface area contributed by atoms with Crippen molar-refractivity contribution in [3.05, 3.63) is 34.9 Å². The fourth-order valence-corrected chi connectivity index (χ4v) is 2.85. The topological polar surface area (TPSA) is 49.7 Å². The molecule has 1 unspecified atom stereocenters. The fraction of sp³-hybridized carbons (Fsp3) is 0.357. The monoisotopic (exact) mass is 322 g/mol. The predicted molar refractivity (Wildman–Crippen MR) is 77.8 cm³/mol.